The molecule has 0 bridgehead atoms. The third-order valence-electron chi connectivity index (χ3n) is 6.01. The number of nitrogens with one attached hydrogen (secondary N) is 3. The highest BCUT2D eigenvalue weighted by molar-refractivity contribution is 6.03. The number of hydrogen-bond acceptors (Lipinski definition) is 4. The molecule has 5 rings (SSSR count). The number of carbonyl (C=O) groups is 1. The monoisotopic (exact) mass is 450 g/mol. The number of aromatic amines is 1. The van der Waals surface area contributed by atoms with Gasteiger partial charge in [-0.05, 0) is 42.8 Å². The van der Waals surface area contributed by atoms with Crippen LogP contribution in [0.5, 0.6) is 0 Å². The Labute approximate surface area is 197 Å². The van der Waals surface area contributed by atoms with E-state index in [1.54, 1.807) is 10.6 Å². The van der Waals surface area contributed by atoms with E-state index in [1.807, 2.05) is 85.1 Å². The molecule has 0 fully saturated rings. The Bertz CT molecular complexity index is 1520. The van der Waals surface area contributed by atoms with Crippen LogP contribution in [-0.2, 0) is 6.54 Å². The molecule has 34 heavy (non-hydrogen) atoms. The zero-order chi connectivity index (χ0) is 23.5. The average Bonchev–Trinajstić information content (AvgIpc) is 3.25. The summed E-state index contributed by atoms with van der Waals surface area (Å²) in [6, 6.07) is 26.5. The van der Waals surface area contributed by atoms with E-state index in [4.69, 9.17) is 0 Å². The molecule has 0 amide bonds. The fourth-order valence-electron chi connectivity index (χ4n) is 4.19. The predicted octanol–water partition coefficient (Wildman–Crippen LogP) is 4.76. The van der Waals surface area contributed by atoms with Crippen LogP contribution in [0.15, 0.2) is 95.9 Å². The molecule has 0 aliphatic heterocycles. The highest BCUT2D eigenvalue weighted by Gasteiger charge is 2.15. The molecule has 0 aliphatic rings. The minimum absolute atomic E-state index is 0.00615. The van der Waals surface area contributed by atoms with Crippen LogP contribution in [0.25, 0.3) is 21.8 Å². The molecule has 0 saturated carbocycles. The lowest BCUT2D eigenvalue weighted by Gasteiger charge is -2.15. The molecule has 5 aromatic rings. The van der Waals surface area contributed by atoms with E-state index >= 15 is 0 Å². The molecule has 170 valence electrons. The fourth-order valence-corrected chi connectivity index (χ4v) is 4.19. The van der Waals surface area contributed by atoms with Crippen LogP contribution in [0.1, 0.15) is 22.8 Å². The van der Waals surface area contributed by atoms with E-state index in [-0.39, 0.29) is 17.4 Å². The summed E-state index contributed by atoms with van der Waals surface area (Å²) in [7, 11) is 0. The summed E-state index contributed by atoms with van der Waals surface area (Å²) in [6.45, 7) is 3.34. The zero-order valence-electron chi connectivity index (χ0n) is 18.9. The Kier molecular flexibility index (Phi) is 5.97. The van der Waals surface area contributed by atoms with Gasteiger partial charge in [0.15, 0.2) is 5.43 Å². The number of pyridine rings is 1. The first-order valence-electron chi connectivity index (χ1n) is 11.4. The highest BCUT2D eigenvalue weighted by Crippen LogP contribution is 2.22. The van der Waals surface area contributed by atoms with Gasteiger partial charge in [-0.2, -0.15) is 0 Å². The van der Waals surface area contributed by atoms with Crippen molar-refractivity contribution in [2.75, 3.05) is 11.9 Å². The standard InChI is InChI=1S/C28H26N4O2/c1-19(16-30-27-15-26(33)23-12-5-7-13-24(23)31-27)29-17-21-18-32(25-14-8-6-11-22(21)25)28(34)20-9-3-2-4-10-20/h2-15,18-19,29H,16-17H2,1H3,(H2,30,31,33). The van der Waals surface area contributed by atoms with Gasteiger partial charge in [0.1, 0.15) is 5.82 Å². The third-order valence-corrected chi connectivity index (χ3v) is 6.01. The number of fused-ring (bicyclic) bond motifs is 2. The second kappa shape index (κ2) is 9.37. The Morgan fingerprint density at radius 1 is 0.941 bits per heavy atom. The number of hydrogen-bond donors (Lipinski definition) is 3. The van der Waals surface area contributed by atoms with Crippen molar-refractivity contribution in [1.29, 1.82) is 0 Å². The van der Waals surface area contributed by atoms with E-state index in [0.29, 0.717) is 29.9 Å². The van der Waals surface area contributed by atoms with E-state index in [2.05, 4.69) is 22.5 Å². The molecule has 0 aliphatic carbocycles. The van der Waals surface area contributed by atoms with Gasteiger partial charge in [0, 0.05) is 47.7 Å². The van der Waals surface area contributed by atoms with Gasteiger partial charge in [-0.1, -0.05) is 48.5 Å². The molecule has 1 atom stereocenters. The molecule has 1 unspecified atom stereocenters. The molecule has 2 heterocycles. The summed E-state index contributed by atoms with van der Waals surface area (Å²) in [5.41, 5.74) is 3.42. The van der Waals surface area contributed by atoms with E-state index in [1.165, 1.54) is 0 Å². The number of H-pyrrole nitrogens is 1. The van der Waals surface area contributed by atoms with Crippen LogP contribution in [0.4, 0.5) is 5.82 Å². The molecule has 0 saturated heterocycles. The lowest BCUT2D eigenvalue weighted by Crippen LogP contribution is -2.32. The first-order chi connectivity index (χ1) is 16.6. The van der Waals surface area contributed by atoms with E-state index in [0.717, 1.165) is 22.0 Å². The van der Waals surface area contributed by atoms with Crippen molar-refractivity contribution in [2.45, 2.75) is 19.5 Å². The van der Waals surface area contributed by atoms with E-state index < -0.39 is 0 Å². The normalized spacial score (nSPS) is 12.1. The SMILES string of the molecule is CC(CNc1cc(=O)c2ccccc2[nH]1)NCc1cn(C(=O)c2ccccc2)c2ccccc12. The smallest absolute Gasteiger partial charge is 0.262 e. The molecular formula is C28H26N4O2. The second-order valence-electron chi connectivity index (χ2n) is 8.47. The molecule has 2 aromatic heterocycles. The van der Waals surface area contributed by atoms with Crippen LogP contribution >= 0.6 is 0 Å². The zero-order valence-corrected chi connectivity index (χ0v) is 18.9. The van der Waals surface area contributed by atoms with Gasteiger partial charge in [0.05, 0.1) is 11.0 Å². The van der Waals surface area contributed by atoms with Crippen molar-refractivity contribution in [3.8, 4) is 0 Å². The second-order valence-corrected chi connectivity index (χ2v) is 8.47. The van der Waals surface area contributed by atoms with Gasteiger partial charge in [-0.15, -0.1) is 0 Å². The van der Waals surface area contributed by atoms with E-state index in [9.17, 15) is 9.59 Å². The average molecular weight is 451 g/mol. The number of aromatic nitrogens is 2. The van der Waals surface area contributed by atoms with Gasteiger partial charge in [0.25, 0.3) is 5.91 Å². The lowest BCUT2D eigenvalue weighted by molar-refractivity contribution is 0.0965. The lowest BCUT2D eigenvalue weighted by atomic mass is 10.1. The van der Waals surface area contributed by atoms with Crippen molar-refractivity contribution in [3.05, 3.63) is 112 Å². The maximum absolute atomic E-state index is 13.1. The van der Waals surface area contributed by atoms with Crippen LogP contribution in [0.3, 0.4) is 0 Å². The summed E-state index contributed by atoms with van der Waals surface area (Å²) in [5, 5.41) is 8.58. The minimum Gasteiger partial charge on any atom is -0.370 e. The summed E-state index contributed by atoms with van der Waals surface area (Å²) in [5.74, 6) is 0.653. The van der Waals surface area contributed by atoms with Crippen molar-refractivity contribution in [2.24, 2.45) is 0 Å². The Hall–Kier alpha value is -4.16. The quantitative estimate of drug-likeness (QED) is 0.334. The Morgan fingerprint density at radius 3 is 2.47 bits per heavy atom. The Morgan fingerprint density at radius 2 is 1.65 bits per heavy atom. The number of carbonyl (C=O) groups excluding carboxylic acids is 1. The van der Waals surface area contributed by atoms with Crippen molar-refractivity contribution < 1.29 is 4.79 Å². The van der Waals surface area contributed by atoms with Crippen molar-refractivity contribution in [3.63, 3.8) is 0 Å². The van der Waals surface area contributed by atoms with Crippen molar-refractivity contribution >= 4 is 33.5 Å². The largest absolute Gasteiger partial charge is 0.370 e. The molecule has 0 spiro atoms. The summed E-state index contributed by atoms with van der Waals surface area (Å²) >= 11 is 0. The summed E-state index contributed by atoms with van der Waals surface area (Å²) < 4.78 is 1.73. The number of benzene rings is 3. The van der Waals surface area contributed by atoms with Gasteiger partial charge < -0.3 is 15.6 Å². The third kappa shape index (κ3) is 4.36. The van der Waals surface area contributed by atoms with Crippen LogP contribution in [-0.4, -0.2) is 28.0 Å². The van der Waals surface area contributed by atoms with Crippen LogP contribution in [0, 0.1) is 0 Å². The number of para-hydroxylation sites is 2. The first-order valence-corrected chi connectivity index (χ1v) is 11.4. The summed E-state index contributed by atoms with van der Waals surface area (Å²) in [4.78, 5) is 28.7. The molecular weight excluding hydrogens is 424 g/mol. The van der Waals surface area contributed by atoms with Gasteiger partial charge in [-0.25, -0.2) is 0 Å². The van der Waals surface area contributed by atoms with Gasteiger partial charge in [-0.3, -0.25) is 14.2 Å². The number of nitrogens with zero attached hydrogens (tertiary/aromatic N) is 1. The Balaban J connectivity index is 1.29. The molecule has 3 aromatic carbocycles. The maximum atomic E-state index is 13.1. The van der Waals surface area contributed by atoms with Crippen molar-refractivity contribution in [1.82, 2.24) is 14.9 Å². The van der Waals surface area contributed by atoms with Gasteiger partial charge >= 0.3 is 0 Å². The minimum atomic E-state index is -0.0435. The summed E-state index contributed by atoms with van der Waals surface area (Å²) in [6.07, 6.45) is 1.92. The van der Waals surface area contributed by atoms with Gasteiger partial charge in [0.2, 0.25) is 0 Å². The molecule has 0 radical (unpaired) electrons. The number of anilines is 1. The first kappa shape index (κ1) is 21.7. The molecule has 3 N–H and O–H groups in total. The molecule has 6 heteroatoms. The topological polar surface area (TPSA) is 78.9 Å². The predicted molar refractivity (Wildman–Crippen MR) is 137 cm³/mol. The van der Waals surface area contributed by atoms with Crippen LogP contribution < -0.4 is 16.1 Å². The fraction of sp³-hybridized carbons (Fsp3) is 0.143. The maximum Gasteiger partial charge on any atom is 0.262 e. The molecule has 6 nitrogen and oxygen atoms in total. The number of rotatable bonds is 7. The highest BCUT2D eigenvalue weighted by atomic mass is 16.2. The van der Waals surface area contributed by atoms with Crippen LogP contribution in [0.2, 0.25) is 0 Å².